The highest BCUT2D eigenvalue weighted by atomic mass is 32.1. The van der Waals surface area contributed by atoms with Crippen LogP contribution < -0.4 is 10.6 Å². The van der Waals surface area contributed by atoms with Crippen molar-refractivity contribution in [2.24, 2.45) is 0 Å². The lowest BCUT2D eigenvalue weighted by atomic mass is 9.98. The van der Waals surface area contributed by atoms with Crippen molar-refractivity contribution in [3.63, 3.8) is 0 Å². The molecule has 4 aromatic rings. The molecule has 9 nitrogen and oxygen atoms in total. The Morgan fingerprint density at radius 1 is 1.11 bits per heavy atom. The van der Waals surface area contributed by atoms with E-state index in [4.69, 9.17) is 0 Å². The molecule has 1 unspecified atom stereocenters. The van der Waals surface area contributed by atoms with Gasteiger partial charge in [0.05, 0.1) is 18.4 Å². The number of hydrogen-bond donors (Lipinski definition) is 3. The molecule has 0 fully saturated rings. The predicted octanol–water partition coefficient (Wildman–Crippen LogP) is 3.69. The smallest absolute Gasteiger partial charge is 0.326 e. The Labute approximate surface area is 206 Å². The molecule has 0 spiro atoms. The van der Waals surface area contributed by atoms with Gasteiger partial charge in [-0.05, 0) is 49.6 Å². The Bertz CT molecular complexity index is 1310. The summed E-state index contributed by atoms with van der Waals surface area (Å²) in [7, 11) is 0. The summed E-state index contributed by atoms with van der Waals surface area (Å²) in [6.07, 6.45) is 3.71. The molecule has 1 amide bonds. The van der Waals surface area contributed by atoms with Gasteiger partial charge >= 0.3 is 5.97 Å². The Hall–Kier alpha value is -4.05. The highest BCUT2D eigenvalue weighted by molar-refractivity contribution is 7.13. The molecule has 2 aromatic carbocycles. The number of amides is 1. The SMILES string of the molecule is Cc1cc(C)c(C(=O)NC(Cc2ccc(-n3cc(CNc4nccs4)nn3)cc2)C(=O)O)c(C)c1. The first-order chi connectivity index (χ1) is 16.8. The maximum absolute atomic E-state index is 12.9. The second-order valence-corrected chi connectivity index (χ2v) is 9.25. The average molecular weight is 491 g/mol. The molecule has 35 heavy (non-hydrogen) atoms. The molecule has 0 bridgehead atoms. The zero-order valence-corrected chi connectivity index (χ0v) is 20.5. The number of nitrogens with one attached hydrogen (secondary N) is 2. The molecule has 0 saturated heterocycles. The van der Waals surface area contributed by atoms with Crippen molar-refractivity contribution < 1.29 is 14.7 Å². The maximum atomic E-state index is 12.9. The molecule has 2 heterocycles. The summed E-state index contributed by atoms with van der Waals surface area (Å²) in [6, 6.07) is 10.1. The quantitative estimate of drug-likeness (QED) is 0.327. The van der Waals surface area contributed by atoms with Crippen LogP contribution in [0.4, 0.5) is 5.13 Å². The van der Waals surface area contributed by atoms with Gasteiger partial charge in [0.15, 0.2) is 5.13 Å². The first kappa shape index (κ1) is 24.1. The molecule has 2 aromatic heterocycles. The average Bonchev–Trinajstić information content (AvgIpc) is 3.49. The number of hydrogen-bond acceptors (Lipinski definition) is 7. The van der Waals surface area contributed by atoms with Crippen molar-refractivity contribution >= 4 is 28.3 Å². The van der Waals surface area contributed by atoms with E-state index in [-0.39, 0.29) is 12.3 Å². The summed E-state index contributed by atoms with van der Waals surface area (Å²) in [5.41, 5.74) is 5.56. The van der Waals surface area contributed by atoms with E-state index in [9.17, 15) is 14.7 Å². The summed E-state index contributed by atoms with van der Waals surface area (Å²) < 4.78 is 1.65. The number of aliphatic carboxylic acids is 1. The number of nitrogens with zero attached hydrogens (tertiary/aromatic N) is 4. The van der Waals surface area contributed by atoms with Gasteiger partial charge in [-0.15, -0.1) is 16.4 Å². The number of carbonyl (C=O) groups excluding carboxylic acids is 1. The van der Waals surface area contributed by atoms with Crippen LogP contribution in [0.5, 0.6) is 0 Å². The number of benzene rings is 2. The van der Waals surface area contributed by atoms with Crippen molar-refractivity contribution in [2.45, 2.75) is 39.8 Å². The predicted molar refractivity (Wildman–Crippen MR) is 134 cm³/mol. The summed E-state index contributed by atoms with van der Waals surface area (Å²) in [4.78, 5) is 28.9. The van der Waals surface area contributed by atoms with E-state index >= 15 is 0 Å². The van der Waals surface area contributed by atoms with Gasteiger partial charge in [-0.2, -0.15) is 0 Å². The molecule has 180 valence electrons. The Kier molecular flexibility index (Phi) is 7.21. The van der Waals surface area contributed by atoms with Gasteiger partial charge < -0.3 is 15.7 Å². The second kappa shape index (κ2) is 10.5. The largest absolute Gasteiger partial charge is 0.480 e. The molecule has 3 N–H and O–H groups in total. The summed E-state index contributed by atoms with van der Waals surface area (Å²) in [5, 5.41) is 26.6. The van der Waals surface area contributed by atoms with Gasteiger partial charge in [0, 0.05) is 23.6 Å². The van der Waals surface area contributed by atoms with Crippen LogP contribution >= 0.6 is 11.3 Å². The van der Waals surface area contributed by atoms with Gasteiger partial charge in [0.2, 0.25) is 0 Å². The summed E-state index contributed by atoms with van der Waals surface area (Å²) in [6.45, 7) is 6.18. The van der Waals surface area contributed by atoms with E-state index in [1.165, 1.54) is 11.3 Å². The number of rotatable bonds is 9. The van der Waals surface area contributed by atoms with E-state index in [2.05, 4.69) is 25.9 Å². The molecule has 0 saturated carbocycles. The molecule has 0 aliphatic rings. The third kappa shape index (κ3) is 5.90. The molecular formula is C25H26N6O3S. The minimum absolute atomic E-state index is 0.158. The van der Waals surface area contributed by atoms with Crippen LogP contribution in [-0.4, -0.2) is 43.0 Å². The lowest BCUT2D eigenvalue weighted by molar-refractivity contribution is -0.139. The molecule has 1 atom stereocenters. The standard InChI is InChI=1S/C25H26N6O3S/c1-15-10-16(2)22(17(3)11-15)23(32)28-21(24(33)34)12-18-4-6-20(7-5-18)31-14-19(29-30-31)13-27-25-26-8-9-35-25/h4-11,14,21H,12-13H2,1-3H3,(H,26,27)(H,28,32)(H,33,34). The van der Waals surface area contributed by atoms with E-state index in [0.717, 1.165) is 38.8 Å². The molecule has 0 aliphatic heterocycles. The summed E-state index contributed by atoms with van der Waals surface area (Å²) >= 11 is 1.51. The van der Waals surface area contributed by atoms with Crippen molar-refractivity contribution in [3.05, 3.63) is 87.7 Å². The Balaban J connectivity index is 1.41. The number of aryl methyl sites for hydroxylation is 3. The lowest BCUT2D eigenvalue weighted by Crippen LogP contribution is -2.42. The third-order valence-corrected chi connectivity index (χ3v) is 6.27. The van der Waals surface area contributed by atoms with Crippen molar-refractivity contribution in [2.75, 3.05) is 5.32 Å². The number of carbonyl (C=O) groups is 2. The highest BCUT2D eigenvalue weighted by Crippen LogP contribution is 2.18. The zero-order valence-electron chi connectivity index (χ0n) is 19.6. The fraction of sp³-hybridized carbons (Fsp3) is 0.240. The van der Waals surface area contributed by atoms with Crippen molar-refractivity contribution in [3.8, 4) is 5.69 Å². The molecular weight excluding hydrogens is 464 g/mol. The fourth-order valence-electron chi connectivity index (χ4n) is 3.97. The van der Waals surface area contributed by atoms with E-state index < -0.39 is 12.0 Å². The van der Waals surface area contributed by atoms with E-state index in [1.54, 1.807) is 10.9 Å². The molecule has 4 rings (SSSR count). The van der Waals surface area contributed by atoms with E-state index in [0.29, 0.717) is 12.1 Å². The fourth-order valence-corrected chi connectivity index (χ4v) is 4.50. The van der Waals surface area contributed by atoms with Crippen LogP contribution in [0.25, 0.3) is 5.69 Å². The van der Waals surface area contributed by atoms with Crippen LogP contribution in [0.15, 0.2) is 54.2 Å². The van der Waals surface area contributed by atoms with E-state index in [1.807, 2.05) is 68.7 Å². The van der Waals surface area contributed by atoms with Gasteiger partial charge in [0.25, 0.3) is 5.91 Å². The third-order valence-electron chi connectivity index (χ3n) is 5.54. The topological polar surface area (TPSA) is 122 Å². The summed E-state index contributed by atoms with van der Waals surface area (Å²) in [5.74, 6) is -1.47. The van der Waals surface area contributed by atoms with Crippen molar-refractivity contribution in [1.82, 2.24) is 25.3 Å². The van der Waals surface area contributed by atoms with Crippen molar-refractivity contribution in [1.29, 1.82) is 0 Å². The number of carboxylic acids is 1. The normalized spacial score (nSPS) is 11.7. The zero-order chi connectivity index (χ0) is 24.9. The van der Waals surface area contributed by atoms with Crippen LogP contribution in [0.3, 0.4) is 0 Å². The van der Waals surface area contributed by atoms with Crippen LogP contribution in [0, 0.1) is 20.8 Å². The van der Waals surface area contributed by atoms with Gasteiger partial charge in [-0.25, -0.2) is 14.5 Å². The lowest BCUT2D eigenvalue weighted by Gasteiger charge is -2.17. The van der Waals surface area contributed by atoms with Crippen LogP contribution in [0.1, 0.15) is 38.3 Å². The van der Waals surface area contributed by atoms with Gasteiger partial charge in [-0.3, -0.25) is 4.79 Å². The van der Waals surface area contributed by atoms with Crippen LogP contribution in [0.2, 0.25) is 0 Å². The van der Waals surface area contributed by atoms with Crippen LogP contribution in [-0.2, 0) is 17.8 Å². The molecule has 10 heteroatoms. The number of aromatic nitrogens is 4. The first-order valence-electron chi connectivity index (χ1n) is 11.1. The number of anilines is 1. The second-order valence-electron chi connectivity index (χ2n) is 8.35. The maximum Gasteiger partial charge on any atom is 0.326 e. The Morgan fingerprint density at radius 3 is 2.46 bits per heavy atom. The minimum Gasteiger partial charge on any atom is -0.480 e. The van der Waals surface area contributed by atoms with Gasteiger partial charge in [-0.1, -0.05) is 35.0 Å². The number of thiazole rings is 1. The Morgan fingerprint density at radius 2 is 1.83 bits per heavy atom. The monoisotopic (exact) mass is 490 g/mol. The first-order valence-corrected chi connectivity index (χ1v) is 11.9. The minimum atomic E-state index is -1.08. The van der Waals surface area contributed by atoms with Gasteiger partial charge in [0.1, 0.15) is 11.7 Å². The highest BCUT2D eigenvalue weighted by Gasteiger charge is 2.23. The molecule has 0 aliphatic carbocycles. The molecule has 0 radical (unpaired) electrons. The number of carboxylic acid groups (broad SMARTS) is 1.